The second-order valence-electron chi connectivity index (χ2n) is 5.82. The van der Waals surface area contributed by atoms with Gasteiger partial charge in [0.1, 0.15) is 5.82 Å². The van der Waals surface area contributed by atoms with E-state index in [2.05, 4.69) is 61.0 Å². The third-order valence-corrected chi connectivity index (χ3v) is 5.23. The van der Waals surface area contributed by atoms with Crippen LogP contribution in [0.15, 0.2) is 22.7 Å². The highest BCUT2D eigenvalue weighted by molar-refractivity contribution is 9.10. The summed E-state index contributed by atoms with van der Waals surface area (Å²) in [6.07, 6.45) is 2.39. The molecule has 0 spiro atoms. The van der Waals surface area contributed by atoms with E-state index in [-0.39, 0.29) is 0 Å². The number of halogens is 1. The standard InChI is InChI=1S/C16H17BrN4/c1-9-6-15-11(8-13(9)17)7-12(14-4-3-5-18-14)16-20-19-10(2)21(15)16/h6-8,14,18H,3-5H2,1-2H3. The van der Waals surface area contributed by atoms with E-state index in [4.69, 9.17) is 0 Å². The van der Waals surface area contributed by atoms with Gasteiger partial charge >= 0.3 is 0 Å². The Bertz CT molecular complexity index is 846. The molecule has 1 fully saturated rings. The Balaban J connectivity index is 2.11. The average Bonchev–Trinajstić information content (AvgIpc) is 3.10. The summed E-state index contributed by atoms with van der Waals surface area (Å²) in [5.74, 6) is 0.941. The molecule has 108 valence electrons. The van der Waals surface area contributed by atoms with Crippen LogP contribution in [0.1, 0.15) is 35.8 Å². The van der Waals surface area contributed by atoms with E-state index < -0.39 is 0 Å². The third kappa shape index (κ3) is 1.99. The molecule has 1 unspecified atom stereocenters. The molecule has 4 rings (SSSR count). The summed E-state index contributed by atoms with van der Waals surface area (Å²) in [5, 5.41) is 13.5. The van der Waals surface area contributed by atoms with Gasteiger partial charge in [0.25, 0.3) is 0 Å². The highest BCUT2D eigenvalue weighted by Gasteiger charge is 2.22. The van der Waals surface area contributed by atoms with Crippen LogP contribution in [-0.2, 0) is 0 Å². The van der Waals surface area contributed by atoms with Crippen molar-refractivity contribution >= 4 is 32.5 Å². The molecule has 3 heterocycles. The van der Waals surface area contributed by atoms with E-state index in [9.17, 15) is 0 Å². The number of benzene rings is 1. The highest BCUT2D eigenvalue weighted by Crippen LogP contribution is 2.32. The molecule has 1 N–H and O–H groups in total. The molecular formula is C16H17BrN4. The largest absolute Gasteiger partial charge is 0.310 e. The van der Waals surface area contributed by atoms with E-state index in [1.54, 1.807) is 0 Å². The Morgan fingerprint density at radius 3 is 2.86 bits per heavy atom. The van der Waals surface area contributed by atoms with Crippen LogP contribution in [0.5, 0.6) is 0 Å². The van der Waals surface area contributed by atoms with Crippen molar-refractivity contribution in [2.75, 3.05) is 6.54 Å². The number of aromatic nitrogens is 3. The van der Waals surface area contributed by atoms with E-state index in [0.717, 1.165) is 22.5 Å². The predicted octanol–water partition coefficient (Wildman–Crippen LogP) is 3.69. The van der Waals surface area contributed by atoms with E-state index in [1.807, 2.05) is 6.92 Å². The Labute approximate surface area is 131 Å². The zero-order valence-corrected chi connectivity index (χ0v) is 13.7. The number of aryl methyl sites for hydroxylation is 2. The molecule has 1 saturated heterocycles. The fourth-order valence-corrected chi connectivity index (χ4v) is 3.63. The van der Waals surface area contributed by atoms with E-state index in [0.29, 0.717) is 6.04 Å². The van der Waals surface area contributed by atoms with Crippen LogP contribution in [0.2, 0.25) is 0 Å². The Kier molecular flexibility index (Phi) is 3.01. The summed E-state index contributed by atoms with van der Waals surface area (Å²) >= 11 is 3.64. The van der Waals surface area contributed by atoms with Crippen molar-refractivity contribution in [3.8, 4) is 0 Å². The molecule has 1 aliphatic rings. The van der Waals surface area contributed by atoms with Crippen LogP contribution in [-0.4, -0.2) is 21.1 Å². The SMILES string of the molecule is Cc1cc2c(cc1Br)cc(C1CCCN1)c1nnc(C)n12. The van der Waals surface area contributed by atoms with Gasteiger partial charge in [-0.15, -0.1) is 10.2 Å². The Hall–Kier alpha value is -1.46. The van der Waals surface area contributed by atoms with Crippen LogP contribution in [0.4, 0.5) is 0 Å². The van der Waals surface area contributed by atoms with Gasteiger partial charge < -0.3 is 5.32 Å². The molecule has 1 aromatic carbocycles. The molecule has 5 heteroatoms. The second-order valence-corrected chi connectivity index (χ2v) is 6.67. The number of pyridine rings is 1. The van der Waals surface area contributed by atoms with Gasteiger partial charge in [0.2, 0.25) is 0 Å². The zero-order chi connectivity index (χ0) is 14.6. The molecule has 4 nitrogen and oxygen atoms in total. The van der Waals surface area contributed by atoms with Crippen molar-refractivity contribution in [2.24, 2.45) is 0 Å². The summed E-state index contributed by atoms with van der Waals surface area (Å²) in [4.78, 5) is 0. The van der Waals surface area contributed by atoms with Gasteiger partial charge in [0.15, 0.2) is 5.65 Å². The van der Waals surface area contributed by atoms with Gasteiger partial charge in [0, 0.05) is 21.5 Å². The van der Waals surface area contributed by atoms with Gasteiger partial charge in [-0.05, 0) is 57.0 Å². The third-order valence-electron chi connectivity index (χ3n) is 4.38. The molecule has 0 aliphatic carbocycles. The second kappa shape index (κ2) is 4.78. The number of hydrogen-bond acceptors (Lipinski definition) is 3. The number of nitrogens with one attached hydrogen (secondary N) is 1. The van der Waals surface area contributed by atoms with Crippen LogP contribution >= 0.6 is 15.9 Å². The fourth-order valence-electron chi connectivity index (χ4n) is 3.27. The van der Waals surface area contributed by atoms with Crippen molar-refractivity contribution in [3.05, 3.63) is 39.6 Å². The van der Waals surface area contributed by atoms with Crippen molar-refractivity contribution in [1.82, 2.24) is 19.9 Å². The Morgan fingerprint density at radius 1 is 1.24 bits per heavy atom. The normalized spacial score (nSPS) is 18.9. The average molecular weight is 345 g/mol. The van der Waals surface area contributed by atoms with Crippen LogP contribution in [0.25, 0.3) is 16.6 Å². The topological polar surface area (TPSA) is 42.2 Å². The van der Waals surface area contributed by atoms with Gasteiger partial charge in [-0.2, -0.15) is 0 Å². The molecule has 21 heavy (non-hydrogen) atoms. The summed E-state index contributed by atoms with van der Waals surface area (Å²) in [6, 6.07) is 7.06. The summed E-state index contributed by atoms with van der Waals surface area (Å²) < 4.78 is 3.33. The van der Waals surface area contributed by atoms with Gasteiger partial charge in [0.05, 0.1) is 5.52 Å². The first-order valence-electron chi connectivity index (χ1n) is 7.33. The monoisotopic (exact) mass is 344 g/mol. The van der Waals surface area contributed by atoms with Crippen LogP contribution in [0, 0.1) is 13.8 Å². The first-order chi connectivity index (χ1) is 10.1. The van der Waals surface area contributed by atoms with Crippen molar-refractivity contribution in [3.63, 3.8) is 0 Å². The molecule has 1 atom stereocenters. The highest BCUT2D eigenvalue weighted by atomic mass is 79.9. The van der Waals surface area contributed by atoms with Crippen LogP contribution in [0.3, 0.4) is 0 Å². The van der Waals surface area contributed by atoms with Gasteiger partial charge in [-0.3, -0.25) is 4.40 Å². The molecule has 2 aromatic heterocycles. The molecule has 0 radical (unpaired) electrons. The summed E-state index contributed by atoms with van der Waals surface area (Å²) in [6.45, 7) is 5.21. The summed E-state index contributed by atoms with van der Waals surface area (Å²) in [7, 11) is 0. The maximum atomic E-state index is 4.43. The number of fused-ring (bicyclic) bond motifs is 3. The maximum Gasteiger partial charge on any atom is 0.166 e. The molecule has 0 saturated carbocycles. The zero-order valence-electron chi connectivity index (χ0n) is 12.2. The minimum atomic E-state index is 0.389. The molecular weight excluding hydrogens is 328 g/mol. The lowest BCUT2D eigenvalue weighted by atomic mass is 10.0. The lowest BCUT2D eigenvalue weighted by Gasteiger charge is -2.15. The smallest absolute Gasteiger partial charge is 0.166 e. The van der Waals surface area contributed by atoms with Crippen LogP contribution < -0.4 is 5.32 Å². The van der Waals surface area contributed by atoms with Gasteiger partial charge in [-0.25, -0.2) is 0 Å². The molecule has 1 aliphatic heterocycles. The molecule has 3 aromatic rings. The van der Waals surface area contributed by atoms with E-state index >= 15 is 0 Å². The van der Waals surface area contributed by atoms with E-state index in [1.165, 1.54) is 34.9 Å². The lowest BCUT2D eigenvalue weighted by Crippen LogP contribution is -2.14. The number of rotatable bonds is 1. The lowest BCUT2D eigenvalue weighted by molar-refractivity contribution is 0.649. The minimum Gasteiger partial charge on any atom is -0.310 e. The fraction of sp³-hybridized carbons (Fsp3) is 0.375. The molecule has 0 bridgehead atoms. The first kappa shape index (κ1) is 13.2. The number of hydrogen-bond donors (Lipinski definition) is 1. The van der Waals surface area contributed by atoms with Gasteiger partial charge in [-0.1, -0.05) is 15.9 Å². The minimum absolute atomic E-state index is 0.389. The maximum absolute atomic E-state index is 4.43. The van der Waals surface area contributed by atoms with Crippen molar-refractivity contribution in [1.29, 1.82) is 0 Å². The molecule has 0 amide bonds. The quantitative estimate of drug-likeness (QED) is 0.732. The first-order valence-corrected chi connectivity index (χ1v) is 8.12. The van der Waals surface area contributed by atoms with Crippen molar-refractivity contribution < 1.29 is 0 Å². The predicted molar refractivity (Wildman–Crippen MR) is 87.6 cm³/mol. The Morgan fingerprint density at radius 2 is 2.10 bits per heavy atom. The van der Waals surface area contributed by atoms with Crippen molar-refractivity contribution in [2.45, 2.75) is 32.7 Å². The number of nitrogens with zero attached hydrogens (tertiary/aromatic N) is 3. The summed E-state index contributed by atoms with van der Waals surface area (Å²) in [5.41, 5.74) is 4.65.